The first-order valence-corrected chi connectivity index (χ1v) is 7.20. The van der Waals surface area contributed by atoms with Gasteiger partial charge in [-0.1, -0.05) is 43.3 Å². The van der Waals surface area contributed by atoms with Gasteiger partial charge in [-0.3, -0.25) is 9.59 Å². The number of hydrogen-bond acceptors (Lipinski definition) is 4. The van der Waals surface area contributed by atoms with Crippen LogP contribution in [0.5, 0.6) is 0 Å². The zero-order chi connectivity index (χ0) is 14.4. The zero-order valence-electron chi connectivity index (χ0n) is 11.2. The van der Waals surface area contributed by atoms with Gasteiger partial charge in [0.25, 0.3) is 0 Å². The fraction of sp³-hybridized carbons (Fsp3) is 0.429. The Balaban J connectivity index is 2.77. The van der Waals surface area contributed by atoms with Crippen LogP contribution in [0, 0.1) is 6.92 Å². The summed E-state index contributed by atoms with van der Waals surface area (Å²) in [6.45, 7) is 4.02. The molecule has 0 amide bonds. The largest absolute Gasteiger partial charge is 0.480 e. The Morgan fingerprint density at radius 3 is 2.68 bits per heavy atom. The van der Waals surface area contributed by atoms with Crippen LogP contribution in [0.3, 0.4) is 0 Å². The summed E-state index contributed by atoms with van der Waals surface area (Å²) in [5.41, 5.74) is 8.17. The summed E-state index contributed by atoms with van der Waals surface area (Å²) in [6, 6.07) is 4.65. The molecule has 1 rings (SSSR count). The van der Waals surface area contributed by atoms with E-state index in [0.29, 0.717) is 5.56 Å². The molecule has 0 radical (unpaired) electrons. The standard InChI is InChI=1S/C14H19NO3S/c1-3-5-10-6-4-7-11(9(10)2)14(18)19-8-12(15)13(16)17/h4,6-7,12H,3,5,8,15H2,1-2H3,(H,16,17). The van der Waals surface area contributed by atoms with Gasteiger partial charge in [-0.2, -0.15) is 0 Å². The fourth-order valence-corrected chi connectivity index (χ4v) is 2.61. The fourth-order valence-electron chi connectivity index (χ4n) is 1.76. The number of aliphatic carboxylic acids is 1. The molecule has 3 N–H and O–H groups in total. The van der Waals surface area contributed by atoms with Crippen LogP contribution in [0.15, 0.2) is 18.2 Å². The monoisotopic (exact) mass is 281 g/mol. The molecule has 19 heavy (non-hydrogen) atoms. The molecule has 1 aromatic carbocycles. The van der Waals surface area contributed by atoms with E-state index >= 15 is 0 Å². The Bertz CT molecular complexity index is 474. The van der Waals surface area contributed by atoms with Crippen molar-refractivity contribution in [1.29, 1.82) is 0 Å². The summed E-state index contributed by atoms with van der Waals surface area (Å²) >= 11 is 0.962. The van der Waals surface area contributed by atoms with Crippen LogP contribution in [-0.4, -0.2) is 28.0 Å². The van der Waals surface area contributed by atoms with Gasteiger partial charge in [-0.05, 0) is 24.5 Å². The van der Waals surface area contributed by atoms with Crippen molar-refractivity contribution in [2.45, 2.75) is 32.7 Å². The number of carboxylic acids is 1. The van der Waals surface area contributed by atoms with Gasteiger partial charge in [0, 0.05) is 11.3 Å². The van der Waals surface area contributed by atoms with Crippen molar-refractivity contribution in [3.63, 3.8) is 0 Å². The Labute approximate surface area is 117 Å². The molecule has 5 heteroatoms. The summed E-state index contributed by atoms with van der Waals surface area (Å²) in [6.07, 6.45) is 1.96. The lowest BCUT2D eigenvalue weighted by atomic mass is 10.00. The number of rotatable bonds is 6. The molecule has 0 bridgehead atoms. The molecule has 4 nitrogen and oxygen atoms in total. The highest BCUT2D eigenvalue weighted by Gasteiger charge is 2.17. The summed E-state index contributed by atoms with van der Waals surface area (Å²) in [5.74, 6) is -0.997. The lowest BCUT2D eigenvalue weighted by Gasteiger charge is -2.10. The molecule has 104 valence electrons. The highest BCUT2D eigenvalue weighted by Crippen LogP contribution is 2.21. The van der Waals surface area contributed by atoms with E-state index in [9.17, 15) is 9.59 Å². The van der Waals surface area contributed by atoms with E-state index in [1.807, 2.05) is 19.1 Å². The Morgan fingerprint density at radius 1 is 1.42 bits per heavy atom. The van der Waals surface area contributed by atoms with Gasteiger partial charge >= 0.3 is 5.97 Å². The van der Waals surface area contributed by atoms with E-state index < -0.39 is 12.0 Å². The van der Waals surface area contributed by atoms with Gasteiger partial charge in [0.15, 0.2) is 0 Å². The minimum Gasteiger partial charge on any atom is -0.480 e. The maximum atomic E-state index is 12.1. The first-order chi connectivity index (χ1) is 8.97. The Morgan fingerprint density at radius 2 is 2.11 bits per heavy atom. The summed E-state index contributed by atoms with van der Waals surface area (Å²) in [7, 11) is 0. The summed E-state index contributed by atoms with van der Waals surface area (Å²) in [5, 5.41) is 8.57. The molecule has 0 aliphatic rings. The molecule has 0 aliphatic heterocycles. The summed E-state index contributed by atoms with van der Waals surface area (Å²) in [4.78, 5) is 22.7. The Hall–Kier alpha value is -1.33. The first-order valence-electron chi connectivity index (χ1n) is 6.21. The third kappa shape index (κ3) is 4.36. The Kier molecular flexibility index (Phi) is 6.05. The smallest absolute Gasteiger partial charge is 0.321 e. The van der Waals surface area contributed by atoms with Crippen LogP contribution < -0.4 is 5.73 Å². The van der Waals surface area contributed by atoms with Crippen molar-refractivity contribution in [3.8, 4) is 0 Å². The number of benzene rings is 1. The van der Waals surface area contributed by atoms with Crippen molar-refractivity contribution < 1.29 is 14.7 Å². The SMILES string of the molecule is CCCc1cccc(C(=O)SCC(N)C(=O)O)c1C. The number of thioether (sulfide) groups is 1. The number of carbonyl (C=O) groups excluding carboxylic acids is 1. The topological polar surface area (TPSA) is 80.4 Å². The van der Waals surface area contributed by atoms with Crippen LogP contribution >= 0.6 is 11.8 Å². The molecule has 0 aromatic heterocycles. The van der Waals surface area contributed by atoms with Gasteiger partial charge in [-0.15, -0.1) is 0 Å². The normalized spacial score (nSPS) is 12.2. The molecule has 1 unspecified atom stereocenters. The minimum atomic E-state index is -1.09. The molecule has 1 aromatic rings. The van der Waals surface area contributed by atoms with Crippen LogP contribution in [0.2, 0.25) is 0 Å². The molecule has 1 atom stereocenters. The third-order valence-corrected chi connectivity index (χ3v) is 3.90. The van der Waals surface area contributed by atoms with Gasteiger partial charge in [-0.25, -0.2) is 0 Å². The average molecular weight is 281 g/mol. The van der Waals surface area contributed by atoms with Gasteiger partial charge in [0.2, 0.25) is 5.12 Å². The molecule has 0 aliphatic carbocycles. The van der Waals surface area contributed by atoms with Gasteiger partial charge in [0.05, 0.1) is 0 Å². The molecule has 0 spiro atoms. The van der Waals surface area contributed by atoms with Crippen LogP contribution in [0.4, 0.5) is 0 Å². The van der Waals surface area contributed by atoms with Gasteiger partial charge < -0.3 is 10.8 Å². The predicted octanol–water partition coefficient (Wildman–Crippen LogP) is 2.23. The van der Waals surface area contributed by atoms with Crippen LogP contribution in [0.1, 0.15) is 34.8 Å². The van der Waals surface area contributed by atoms with Crippen molar-refractivity contribution in [2.24, 2.45) is 5.73 Å². The maximum Gasteiger partial charge on any atom is 0.321 e. The summed E-state index contributed by atoms with van der Waals surface area (Å²) < 4.78 is 0. The number of hydrogen-bond donors (Lipinski definition) is 2. The van der Waals surface area contributed by atoms with E-state index in [2.05, 4.69) is 6.92 Å². The zero-order valence-corrected chi connectivity index (χ0v) is 12.0. The molecule has 0 saturated heterocycles. The van der Waals surface area contributed by atoms with E-state index in [-0.39, 0.29) is 10.9 Å². The quantitative estimate of drug-likeness (QED) is 0.835. The lowest BCUT2D eigenvalue weighted by molar-refractivity contribution is -0.137. The molecular formula is C14H19NO3S. The second-order valence-corrected chi connectivity index (χ2v) is 5.38. The highest BCUT2D eigenvalue weighted by molar-refractivity contribution is 8.14. The molecule has 0 saturated carbocycles. The number of aryl methyl sites for hydroxylation is 1. The van der Waals surface area contributed by atoms with Crippen LogP contribution in [-0.2, 0) is 11.2 Å². The van der Waals surface area contributed by atoms with Crippen LogP contribution in [0.25, 0.3) is 0 Å². The molecule has 0 heterocycles. The third-order valence-electron chi connectivity index (χ3n) is 2.90. The number of carbonyl (C=O) groups is 2. The number of nitrogens with two attached hydrogens (primary N) is 1. The molecule has 0 fully saturated rings. The van der Waals surface area contributed by atoms with E-state index in [1.54, 1.807) is 6.07 Å². The molecular weight excluding hydrogens is 262 g/mol. The average Bonchev–Trinajstić information content (AvgIpc) is 2.38. The van der Waals surface area contributed by atoms with E-state index in [0.717, 1.165) is 35.7 Å². The van der Waals surface area contributed by atoms with Crippen molar-refractivity contribution in [3.05, 3.63) is 34.9 Å². The lowest BCUT2D eigenvalue weighted by Crippen LogP contribution is -2.32. The van der Waals surface area contributed by atoms with Gasteiger partial charge in [0.1, 0.15) is 6.04 Å². The number of carboxylic acid groups (broad SMARTS) is 1. The van der Waals surface area contributed by atoms with Crippen molar-refractivity contribution >= 4 is 22.8 Å². The van der Waals surface area contributed by atoms with Crippen molar-refractivity contribution in [1.82, 2.24) is 0 Å². The predicted molar refractivity (Wildman–Crippen MR) is 77.6 cm³/mol. The second kappa shape index (κ2) is 7.31. The minimum absolute atomic E-state index is 0.0889. The van der Waals surface area contributed by atoms with E-state index in [1.165, 1.54) is 0 Å². The highest BCUT2D eigenvalue weighted by atomic mass is 32.2. The first kappa shape index (κ1) is 15.7. The second-order valence-electron chi connectivity index (χ2n) is 4.38. The maximum absolute atomic E-state index is 12.1. The van der Waals surface area contributed by atoms with E-state index in [4.69, 9.17) is 10.8 Å². The van der Waals surface area contributed by atoms with Crippen molar-refractivity contribution in [2.75, 3.05) is 5.75 Å².